The van der Waals surface area contributed by atoms with Crippen LogP contribution in [0.5, 0.6) is 0 Å². The van der Waals surface area contributed by atoms with Gasteiger partial charge in [-0.2, -0.15) is 5.10 Å². The summed E-state index contributed by atoms with van der Waals surface area (Å²) in [5.74, 6) is 0.749. The Labute approximate surface area is 114 Å². The van der Waals surface area contributed by atoms with Gasteiger partial charge in [-0.1, -0.05) is 19.8 Å². The molecule has 2 aromatic rings. The van der Waals surface area contributed by atoms with E-state index in [0.717, 1.165) is 28.3 Å². The molecule has 0 aliphatic heterocycles. The summed E-state index contributed by atoms with van der Waals surface area (Å²) in [7, 11) is 1.94. The fourth-order valence-electron chi connectivity index (χ4n) is 3.13. The van der Waals surface area contributed by atoms with Crippen LogP contribution in [0.25, 0.3) is 11.0 Å². The summed E-state index contributed by atoms with van der Waals surface area (Å²) in [6.07, 6.45) is 7.25. The van der Waals surface area contributed by atoms with Gasteiger partial charge in [0.2, 0.25) is 0 Å². The van der Waals surface area contributed by atoms with Crippen LogP contribution >= 0.6 is 0 Å². The van der Waals surface area contributed by atoms with E-state index >= 15 is 0 Å². The number of anilines is 1. The maximum absolute atomic E-state index is 4.53. The largest absolute Gasteiger partial charge is 0.381 e. The summed E-state index contributed by atoms with van der Waals surface area (Å²) in [6, 6.07) is 2.77. The third kappa shape index (κ3) is 2.31. The third-order valence-electron chi connectivity index (χ3n) is 4.33. The molecule has 1 N–H and O–H groups in total. The molecule has 0 aromatic carbocycles. The van der Waals surface area contributed by atoms with Gasteiger partial charge in [0.15, 0.2) is 5.65 Å². The van der Waals surface area contributed by atoms with E-state index in [1.54, 1.807) is 0 Å². The number of pyridine rings is 1. The first kappa shape index (κ1) is 12.5. The highest BCUT2D eigenvalue weighted by Crippen LogP contribution is 2.27. The molecule has 3 rings (SSSR count). The smallest absolute Gasteiger partial charge is 0.157 e. The second-order valence-electron chi connectivity index (χ2n) is 5.82. The Balaban J connectivity index is 1.86. The third-order valence-corrected chi connectivity index (χ3v) is 4.33. The molecule has 102 valence electrons. The zero-order chi connectivity index (χ0) is 13.4. The van der Waals surface area contributed by atoms with Crippen molar-refractivity contribution in [3.8, 4) is 0 Å². The topological polar surface area (TPSA) is 42.7 Å². The molecule has 4 nitrogen and oxygen atoms in total. The Hall–Kier alpha value is -1.58. The Morgan fingerprint density at radius 1 is 1.32 bits per heavy atom. The maximum Gasteiger partial charge on any atom is 0.157 e. The van der Waals surface area contributed by atoms with E-state index in [1.165, 1.54) is 25.7 Å². The summed E-state index contributed by atoms with van der Waals surface area (Å²) in [5.41, 5.74) is 3.13. The fraction of sp³-hybridized carbons (Fsp3) is 0.600. The predicted octanol–water partition coefficient (Wildman–Crippen LogP) is 3.27. The van der Waals surface area contributed by atoms with Crippen molar-refractivity contribution in [3.63, 3.8) is 0 Å². The molecule has 4 heteroatoms. The van der Waals surface area contributed by atoms with E-state index in [4.69, 9.17) is 0 Å². The van der Waals surface area contributed by atoms with Crippen molar-refractivity contribution < 1.29 is 0 Å². The van der Waals surface area contributed by atoms with Crippen LogP contribution in [-0.4, -0.2) is 20.8 Å². The molecule has 19 heavy (non-hydrogen) atoms. The fourth-order valence-corrected chi connectivity index (χ4v) is 3.13. The average Bonchev–Trinajstić information content (AvgIpc) is 2.68. The monoisotopic (exact) mass is 258 g/mol. The Bertz CT molecular complexity index is 587. The van der Waals surface area contributed by atoms with Crippen LogP contribution in [0.2, 0.25) is 0 Å². The standard InChI is InChI=1S/C15H22N4/c1-10-6-4-5-7-14(10)17-12-8-13-11(2)18-19(3)15(13)16-9-12/h8-10,14,17H,4-7H2,1-3H3. The molecule has 0 radical (unpaired) electrons. The number of fused-ring (bicyclic) bond motifs is 1. The van der Waals surface area contributed by atoms with Gasteiger partial charge in [0.25, 0.3) is 0 Å². The molecule has 0 spiro atoms. The molecular formula is C15H22N4. The van der Waals surface area contributed by atoms with Crippen molar-refractivity contribution >= 4 is 16.7 Å². The van der Waals surface area contributed by atoms with Crippen molar-refractivity contribution in [2.75, 3.05) is 5.32 Å². The highest BCUT2D eigenvalue weighted by Gasteiger charge is 2.21. The number of hydrogen-bond donors (Lipinski definition) is 1. The molecule has 2 atom stereocenters. The zero-order valence-electron chi connectivity index (χ0n) is 12.0. The first-order valence-electron chi connectivity index (χ1n) is 7.21. The van der Waals surface area contributed by atoms with Gasteiger partial charge in [0.05, 0.1) is 17.6 Å². The molecule has 0 bridgehead atoms. The molecule has 0 amide bonds. The predicted molar refractivity (Wildman–Crippen MR) is 78.3 cm³/mol. The molecule has 2 unspecified atom stereocenters. The van der Waals surface area contributed by atoms with Crippen molar-refractivity contribution in [2.24, 2.45) is 13.0 Å². The number of rotatable bonds is 2. The number of aryl methyl sites for hydroxylation is 2. The maximum atomic E-state index is 4.53. The zero-order valence-corrected chi connectivity index (χ0v) is 12.0. The van der Waals surface area contributed by atoms with Gasteiger partial charge in [-0.25, -0.2) is 4.98 Å². The summed E-state index contributed by atoms with van der Waals surface area (Å²) >= 11 is 0. The highest BCUT2D eigenvalue weighted by atomic mass is 15.3. The minimum Gasteiger partial charge on any atom is -0.381 e. The Morgan fingerprint density at radius 3 is 2.89 bits per heavy atom. The van der Waals surface area contributed by atoms with Crippen LogP contribution in [-0.2, 0) is 7.05 Å². The SMILES string of the molecule is Cc1nn(C)c2ncc(NC3CCCCC3C)cc12. The molecule has 0 saturated heterocycles. The van der Waals surface area contributed by atoms with Gasteiger partial charge in [0, 0.05) is 18.5 Å². The Morgan fingerprint density at radius 2 is 2.11 bits per heavy atom. The molecular weight excluding hydrogens is 236 g/mol. The lowest BCUT2D eigenvalue weighted by Crippen LogP contribution is -2.30. The van der Waals surface area contributed by atoms with Crippen LogP contribution in [0.15, 0.2) is 12.3 Å². The van der Waals surface area contributed by atoms with Crippen LogP contribution in [0.3, 0.4) is 0 Å². The summed E-state index contributed by atoms with van der Waals surface area (Å²) in [5, 5.41) is 9.23. The number of nitrogens with zero attached hydrogens (tertiary/aromatic N) is 3. The second kappa shape index (κ2) is 4.83. The lowest BCUT2D eigenvalue weighted by molar-refractivity contribution is 0.349. The number of hydrogen-bond acceptors (Lipinski definition) is 3. The van der Waals surface area contributed by atoms with E-state index in [2.05, 4.69) is 28.4 Å². The van der Waals surface area contributed by atoms with Crippen LogP contribution in [0.1, 0.15) is 38.3 Å². The quantitative estimate of drug-likeness (QED) is 0.899. The van der Waals surface area contributed by atoms with E-state index in [0.29, 0.717) is 6.04 Å². The lowest BCUT2D eigenvalue weighted by atomic mass is 9.86. The molecule has 2 aromatic heterocycles. The van der Waals surface area contributed by atoms with E-state index in [9.17, 15) is 0 Å². The first-order chi connectivity index (χ1) is 9.15. The summed E-state index contributed by atoms with van der Waals surface area (Å²) in [6.45, 7) is 4.38. The summed E-state index contributed by atoms with van der Waals surface area (Å²) < 4.78 is 1.84. The summed E-state index contributed by atoms with van der Waals surface area (Å²) in [4.78, 5) is 4.53. The molecule has 1 aliphatic carbocycles. The average molecular weight is 258 g/mol. The van der Waals surface area contributed by atoms with Gasteiger partial charge >= 0.3 is 0 Å². The normalized spacial score (nSPS) is 23.7. The van der Waals surface area contributed by atoms with Gasteiger partial charge in [-0.3, -0.25) is 4.68 Å². The molecule has 1 aliphatic rings. The van der Waals surface area contributed by atoms with E-state index < -0.39 is 0 Å². The number of aromatic nitrogens is 3. The highest BCUT2D eigenvalue weighted by molar-refractivity contribution is 5.81. The van der Waals surface area contributed by atoms with E-state index in [1.807, 2.05) is 24.9 Å². The van der Waals surface area contributed by atoms with Crippen LogP contribution in [0, 0.1) is 12.8 Å². The van der Waals surface area contributed by atoms with Gasteiger partial charge < -0.3 is 5.32 Å². The van der Waals surface area contributed by atoms with Crippen molar-refractivity contribution in [1.82, 2.24) is 14.8 Å². The van der Waals surface area contributed by atoms with Crippen LogP contribution < -0.4 is 5.32 Å². The lowest BCUT2D eigenvalue weighted by Gasteiger charge is -2.30. The molecule has 1 saturated carbocycles. The molecule has 2 heterocycles. The van der Waals surface area contributed by atoms with Crippen molar-refractivity contribution in [1.29, 1.82) is 0 Å². The number of nitrogens with one attached hydrogen (secondary N) is 1. The van der Waals surface area contributed by atoms with Crippen molar-refractivity contribution in [2.45, 2.75) is 45.6 Å². The first-order valence-corrected chi connectivity index (χ1v) is 7.21. The minimum atomic E-state index is 0.588. The van der Waals surface area contributed by atoms with Gasteiger partial charge in [0.1, 0.15) is 0 Å². The second-order valence-corrected chi connectivity index (χ2v) is 5.82. The molecule has 1 fully saturated rings. The van der Waals surface area contributed by atoms with Crippen molar-refractivity contribution in [3.05, 3.63) is 18.0 Å². The van der Waals surface area contributed by atoms with E-state index in [-0.39, 0.29) is 0 Å². The van der Waals surface area contributed by atoms with Gasteiger partial charge in [-0.05, 0) is 31.7 Å². The van der Waals surface area contributed by atoms with Crippen LogP contribution in [0.4, 0.5) is 5.69 Å². The van der Waals surface area contributed by atoms with Gasteiger partial charge in [-0.15, -0.1) is 0 Å². The Kier molecular flexibility index (Phi) is 3.17. The minimum absolute atomic E-state index is 0.588.